The molecule has 0 aliphatic carbocycles. The number of nitrogens with zero attached hydrogens (tertiary/aromatic N) is 1. The van der Waals surface area contributed by atoms with Crippen molar-refractivity contribution < 1.29 is 4.42 Å². The maximum Gasteiger partial charge on any atom is 0.135 e. The van der Waals surface area contributed by atoms with Gasteiger partial charge in [0.05, 0.1) is 5.69 Å². The molecule has 20 heavy (non-hydrogen) atoms. The zero-order valence-corrected chi connectivity index (χ0v) is 11.1. The summed E-state index contributed by atoms with van der Waals surface area (Å²) >= 11 is 0. The van der Waals surface area contributed by atoms with E-state index in [-0.39, 0.29) is 0 Å². The van der Waals surface area contributed by atoms with Crippen LogP contribution in [0.15, 0.2) is 65.1 Å². The van der Waals surface area contributed by atoms with Crippen LogP contribution in [0.3, 0.4) is 0 Å². The van der Waals surface area contributed by atoms with Crippen LogP contribution < -0.4 is 0 Å². The Morgan fingerprint density at radius 1 is 0.800 bits per heavy atom. The molecule has 0 atom stereocenters. The molecular formula is C18H13NO. The molecule has 0 radical (unpaired) electrons. The number of furan rings is 1. The quantitative estimate of drug-likeness (QED) is 0.483. The van der Waals surface area contributed by atoms with Crippen molar-refractivity contribution in [2.24, 2.45) is 0 Å². The third-order valence-electron chi connectivity index (χ3n) is 3.56. The van der Waals surface area contributed by atoms with Crippen LogP contribution in [0, 0.1) is 6.92 Å². The minimum Gasteiger partial charge on any atom is -0.456 e. The summed E-state index contributed by atoms with van der Waals surface area (Å²) in [7, 11) is 0. The molecule has 2 heteroatoms. The Kier molecular flexibility index (Phi) is 2.36. The lowest BCUT2D eigenvalue weighted by Gasteiger charge is -2.02. The molecule has 4 aromatic rings. The van der Waals surface area contributed by atoms with E-state index in [1.165, 1.54) is 0 Å². The smallest absolute Gasteiger partial charge is 0.135 e. The standard InChI is InChI=1S/C18H13NO/c1-12-5-4-7-16(19-12)13-9-10-18-15(11-13)14-6-2-3-8-17(14)20-18/h2-11H,1H3. The molecule has 0 spiro atoms. The Labute approximate surface area is 116 Å². The molecule has 4 rings (SSSR count). The van der Waals surface area contributed by atoms with Gasteiger partial charge >= 0.3 is 0 Å². The highest BCUT2D eigenvalue weighted by Crippen LogP contribution is 2.31. The minimum atomic E-state index is 0.919. The first kappa shape index (κ1) is 11.2. The molecular weight excluding hydrogens is 246 g/mol. The van der Waals surface area contributed by atoms with Crippen molar-refractivity contribution >= 4 is 21.9 Å². The Bertz CT molecular complexity index is 921. The first-order valence-corrected chi connectivity index (χ1v) is 6.66. The van der Waals surface area contributed by atoms with Gasteiger partial charge in [0.1, 0.15) is 11.2 Å². The van der Waals surface area contributed by atoms with Gasteiger partial charge < -0.3 is 4.42 Å². The van der Waals surface area contributed by atoms with E-state index < -0.39 is 0 Å². The molecule has 0 amide bonds. The van der Waals surface area contributed by atoms with Gasteiger partial charge in [-0.05, 0) is 43.3 Å². The highest BCUT2D eigenvalue weighted by molar-refractivity contribution is 6.06. The van der Waals surface area contributed by atoms with Crippen molar-refractivity contribution in [3.63, 3.8) is 0 Å². The van der Waals surface area contributed by atoms with Crippen molar-refractivity contribution in [3.05, 3.63) is 66.4 Å². The maximum atomic E-state index is 5.85. The average molecular weight is 259 g/mol. The van der Waals surface area contributed by atoms with Crippen LogP contribution in [0.4, 0.5) is 0 Å². The fourth-order valence-corrected chi connectivity index (χ4v) is 2.59. The number of hydrogen-bond acceptors (Lipinski definition) is 2. The van der Waals surface area contributed by atoms with Crippen molar-refractivity contribution in [1.82, 2.24) is 4.98 Å². The van der Waals surface area contributed by atoms with E-state index in [4.69, 9.17) is 4.42 Å². The van der Waals surface area contributed by atoms with Crippen LogP contribution in [0.2, 0.25) is 0 Å². The van der Waals surface area contributed by atoms with Crippen molar-refractivity contribution in [3.8, 4) is 11.3 Å². The molecule has 0 aliphatic heterocycles. The van der Waals surface area contributed by atoms with Crippen LogP contribution in [-0.2, 0) is 0 Å². The molecule has 96 valence electrons. The van der Waals surface area contributed by atoms with Crippen molar-refractivity contribution in [2.45, 2.75) is 6.92 Å². The van der Waals surface area contributed by atoms with Gasteiger partial charge in [0.15, 0.2) is 0 Å². The van der Waals surface area contributed by atoms with Gasteiger partial charge in [-0.1, -0.05) is 24.3 Å². The first-order valence-electron chi connectivity index (χ1n) is 6.66. The molecule has 0 aliphatic rings. The fraction of sp³-hybridized carbons (Fsp3) is 0.0556. The average Bonchev–Trinajstić information content (AvgIpc) is 2.85. The highest BCUT2D eigenvalue weighted by Gasteiger charge is 2.08. The largest absolute Gasteiger partial charge is 0.456 e. The van der Waals surface area contributed by atoms with Gasteiger partial charge in [0.2, 0.25) is 0 Å². The van der Waals surface area contributed by atoms with Crippen LogP contribution in [0.5, 0.6) is 0 Å². The van der Waals surface area contributed by atoms with Crippen molar-refractivity contribution in [2.75, 3.05) is 0 Å². The van der Waals surface area contributed by atoms with Gasteiger partial charge in [-0.2, -0.15) is 0 Å². The van der Waals surface area contributed by atoms with Gasteiger partial charge in [-0.3, -0.25) is 4.98 Å². The lowest BCUT2D eigenvalue weighted by atomic mass is 10.1. The van der Waals surface area contributed by atoms with Crippen molar-refractivity contribution in [1.29, 1.82) is 0 Å². The number of benzene rings is 2. The maximum absolute atomic E-state index is 5.85. The molecule has 0 bridgehead atoms. The van der Waals surface area contributed by atoms with Crippen LogP contribution in [0.25, 0.3) is 33.2 Å². The summed E-state index contributed by atoms with van der Waals surface area (Å²) in [6, 6.07) is 20.4. The van der Waals surface area contributed by atoms with Gasteiger partial charge in [-0.15, -0.1) is 0 Å². The molecule has 0 fully saturated rings. The van der Waals surface area contributed by atoms with E-state index in [1.807, 2.05) is 49.4 Å². The summed E-state index contributed by atoms with van der Waals surface area (Å²) in [5.41, 5.74) is 4.99. The van der Waals surface area contributed by atoms with Crippen LogP contribution >= 0.6 is 0 Å². The van der Waals surface area contributed by atoms with Gasteiger partial charge in [-0.25, -0.2) is 0 Å². The molecule has 0 unspecified atom stereocenters. The first-order chi connectivity index (χ1) is 9.81. The number of rotatable bonds is 1. The Hall–Kier alpha value is -2.61. The molecule has 2 heterocycles. The third-order valence-corrected chi connectivity index (χ3v) is 3.56. The predicted octanol–water partition coefficient (Wildman–Crippen LogP) is 4.96. The summed E-state index contributed by atoms with van der Waals surface area (Å²) in [5.74, 6) is 0. The molecule has 0 N–H and O–H groups in total. The summed E-state index contributed by atoms with van der Waals surface area (Å²) < 4.78 is 5.85. The zero-order valence-electron chi connectivity index (χ0n) is 11.1. The lowest BCUT2D eigenvalue weighted by Crippen LogP contribution is -1.85. The predicted molar refractivity (Wildman–Crippen MR) is 81.7 cm³/mol. The Morgan fingerprint density at radius 2 is 1.65 bits per heavy atom. The number of aryl methyl sites for hydroxylation is 1. The zero-order chi connectivity index (χ0) is 13.5. The van der Waals surface area contributed by atoms with E-state index in [9.17, 15) is 0 Å². The summed E-state index contributed by atoms with van der Waals surface area (Å²) in [6.07, 6.45) is 0. The molecule has 2 aromatic carbocycles. The van der Waals surface area contributed by atoms with E-state index in [0.29, 0.717) is 0 Å². The van der Waals surface area contributed by atoms with Gasteiger partial charge in [0, 0.05) is 22.0 Å². The highest BCUT2D eigenvalue weighted by atomic mass is 16.3. The number of pyridine rings is 1. The molecule has 2 aromatic heterocycles. The molecule has 0 saturated carbocycles. The number of hydrogen-bond donors (Lipinski definition) is 0. The fourth-order valence-electron chi connectivity index (χ4n) is 2.59. The van der Waals surface area contributed by atoms with E-state index in [1.54, 1.807) is 0 Å². The Morgan fingerprint density at radius 3 is 2.55 bits per heavy atom. The van der Waals surface area contributed by atoms with E-state index in [0.717, 1.165) is 38.9 Å². The van der Waals surface area contributed by atoms with Crippen LogP contribution in [-0.4, -0.2) is 4.98 Å². The van der Waals surface area contributed by atoms with Gasteiger partial charge in [0.25, 0.3) is 0 Å². The second-order valence-electron chi connectivity index (χ2n) is 4.97. The van der Waals surface area contributed by atoms with E-state index in [2.05, 4.69) is 23.2 Å². The normalized spacial score (nSPS) is 11.2. The second-order valence-corrected chi connectivity index (χ2v) is 4.97. The minimum absolute atomic E-state index is 0.919. The summed E-state index contributed by atoms with van der Waals surface area (Å²) in [5, 5.41) is 2.29. The Balaban J connectivity index is 2.00. The molecule has 2 nitrogen and oxygen atoms in total. The van der Waals surface area contributed by atoms with Crippen LogP contribution in [0.1, 0.15) is 5.69 Å². The number of para-hydroxylation sites is 1. The number of fused-ring (bicyclic) bond motifs is 3. The summed E-state index contributed by atoms with van der Waals surface area (Å²) in [4.78, 5) is 4.58. The topological polar surface area (TPSA) is 26.0 Å². The summed E-state index contributed by atoms with van der Waals surface area (Å²) in [6.45, 7) is 2.01. The molecule has 0 saturated heterocycles. The number of aromatic nitrogens is 1. The lowest BCUT2D eigenvalue weighted by molar-refractivity contribution is 0.669. The van der Waals surface area contributed by atoms with E-state index >= 15 is 0 Å². The monoisotopic (exact) mass is 259 g/mol. The third kappa shape index (κ3) is 1.69. The second kappa shape index (κ2) is 4.20. The SMILES string of the molecule is Cc1cccc(-c2ccc3oc4ccccc4c3c2)n1.